The van der Waals surface area contributed by atoms with E-state index in [1.807, 2.05) is 44.2 Å². The second-order valence-electron chi connectivity index (χ2n) is 8.12. The standard InChI is InChI=1S/C20H23IO5S/c1-19(2)15-10-11-20(19,18(22)12-15)13-27(24,25)26-21(23)17-9-5-7-14-6-3-4-8-16(14)17/h3-9,15,23H,10-13H2,1-2H3/t15-,20-/m1/s1. The maximum atomic E-state index is 12.8. The van der Waals surface area contributed by atoms with Gasteiger partial charge in [0.25, 0.3) is 0 Å². The predicted molar refractivity (Wildman–Crippen MR) is 112 cm³/mol. The van der Waals surface area contributed by atoms with E-state index in [9.17, 15) is 16.6 Å². The van der Waals surface area contributed by atoms with Gasteiger partial charge in [0.1, 0.15) is 0 Å². The van der Waals surface area contributed by atoms with Gasteiger partial charge in [-0.25, -0.2) is 0 Å². The van der Waals surface area contributed by atoms with E-state index < -0.39 is 36.2 Å². The SMILES string of the molecule is CC1(C)[C@@H]2CC[C@@]1(CS(=O)(=O)OI(O)c1cccc3ccccc13)C(=O)C2. The van der Waals surface area contributed by atoms with Crippen molar-refractivity contribution in [3.8, 4) is 0 Å². The van der Waals surface area contributed by atoms with Crippen molar-refractivity contribution in [2.75, 3.05) is 5.75 Å². The average Bonchev–Trinajstić information content (AvgIpc) is 2.94. The van der Waals surface area contributed by atoms with Gasteiger partial charge in [0.05, 0.1) is 0 Å². The molecule has 27 heavy (non-hydrogen) atoms. The van der Waals surface area contributed by atoms with Crippen LogP contribution in [-0.2, 0) is 17.4 Å². The van der Waals surface area contributed by atoms with Gasteiger partial charge in [0.15, 0.2) is 0 Å². The van der Waals surface area contributed by atoms with Crippen molar-refractivity contribution < 1.29 is 19.2 Å². The molecular weight excluding hydrogens is 479 g/mol. The average molecular weight is 502 g/mol. The van der Waals surface area contributed by atoms with Gasteiger partial charge in [-0.3, -0.25) is 0 Å². The fraction of sp³-hybridized carbons (Fsp3) is 0.450. The summed E-state index contributed by atoms with van der Waals surface area (Å²) >= 11 is -3.39. The third kappa shape index (κ3) is 3.03. The van der Waals surface area contributed by atoms with Crippen LogP contribution in [0.25, 0.3) is 10.8 Å². The van der Waals surface area contributed by atoms with Crippen molar-refractivity contribution in [1.82, 2.24) is 0 Å². The van der Waals surface area contributed by atoms with E-state index in [-0.39, 0.29) is 22.9 Å². The van der Waals surface area contributed by atoms with E-state index in [1.54, 1.807) is 12.1 Å². The normalized spacial score (nSPS) is 27.3. The van der Waals surface area contributed by atoms with Crippen molar-refractivity contribution >= 4 is 47.3 Å². The molecule has 146 valence electrons. The van der Waals surface area contributed by atoms with Crippen LogP contribution in [-0.4, -0.2) is 23.4 Å². The van der Waals surface area contributed by atoms with Crippen LogP contribution in [0.3, 0.4) is 0 Å². The zero-order valence-corrected chi connectivity index (χ0v) is 18.3. The first kappa shape index (κ1) is 19.3. The quantitative estimate of drug-likeness (QED) is 0.624. The summed E-state index contributed by atoms with van der Waals surface area (Å²) in [5, 5.41) is 1.73. The molecule has 2 aliphatic carbocycles. The van der Waals surface area contributed by atoms with Crippen LogP contribution in [0.1, 0.15) is 33.1 Å². The number of benzene rings is 2. The Morgan fingerprint density at radius 3 is 2.56 bits per heavy atom. The molecular formula is C20H23IO5S. The number of hydrogen-bond donors (Lipinski definition) is 1. The van der Waals surface area contributed by atoms with Crippen molar-refractivity contribution in [2.24, 2.45) is 16.7 Å². The second kappa shape index (κ2) is 6.50. The number of fused-ring (bicyclic) bond motifs is 3. The van der Waals surface area contributed by atoms with Crippen LogP contribution in [0.15, 0.2) is 42.5 Å². The summed E-state index contributed by atoms with van der Waals surface area (Å²) in [5.41, 5.74) is -1.24. The summed E-state index contributed by atoms with van der Waals surface area (Å²) in [6.45, 7) is 3.98. The zero-order valence-electron chi connectivity index (χ0n) is 15.3. The Hall–Kier alpha value is -1.03. The molecule has 2 aliphatic rings. The van der Waals surface area contributed by atoms with Crippen molar-refractivity contribution in [2.45, 2.75) is 33.1 Å². The second-order valence-corrected chi connectivity index (χ2v) is 13.2. The predicted octanol–water partition coefficient (Wildman–Crippen LogP) is 4.08. The van der Waals surface area contributed by atoms with Crippen LogP contribution >= 0.6 is 20.6 Å². The van der Waals surface area contributed by atoms with Crippen LogP contribution in [0.2, 0.25) is 0 Å². The van der Waals surface area contributed by atoms with Gasteiger partial charge >= 0.3 is 168 Å². The summed E-state index contributed by atoms with van der Waals surface area (Å²) in [4.78, 5) is 12.6. The molecule has 2 atom stereocenters. The van der Waals surface area contributed by atoms with Gasteiger partial charge in [0, 0.05) is 0 Å². The number of carbonyl (C=O) groups excluding carboxylic acids is 1. The number of ketones is 1. The van der Waals surface area contributed by atoms with E-state index in [0.717, 1.165) is 17.2 Å². The molecule has 0 heterocycles. The summed E-state index contributed by atoms with van der Waals surface area (Å²) in [6, 6.07) is 12.9. The van der Waals surface area contributed by atoms with E-state index in [1.165, 1.54) is 0 Å². The Labute approximate surface area is 167 Å². The fourth-order valence-electron chi connectivity index (χ4n) is 4.88. The Morgan fingerprint density at radius 1 is 1.19 bits per heavy atom. The third-order valence-corrected chi connectivity index (χ3v) is 12.4. The van der Waals surface area contributed by atoms with Crippen LogP contribution in [0, 0.1) is 20.3 Å². The molecule has 0 unspecified atom stereocenters. The van der Waals surface area contributed by atoms with E-state index >= 15 is 0 Å². The van der Waals surface area contributed by atoms with Gasteiger partial charge in [-0.15, -0.1) is 0 Å². The Morgan fingerprint density at radius 2 is 1.89 bits per heavy atom. The van der Waals surface area contributed by atoms with Crippen molar-refractivity contribution in [1.29, 1.82) is 0 Å². The summed E-state index contributed by atoms with van der Waals surface area (Å²) in [6.07, 6.45) is 1.91. The molecule has 1 N–H and O–H groups in total. The molecule has 2 bridgehead atoms. The molecule has 2 saturated carbocycles. The Kier molecular flexibility index (Phi) is 4.65. The molecule has 7 heteroatoms. The number of Topliss-reactive ketones (excluding diaryl/α,β-unsaturated/α-hetero) is 1. The monoisotopic (exact) mass is 502 g/mol. The van der Waals surface area contributed by atoms with Gasteiger partial charge < -0.3 is 0 Å². The minimum atomic E-state index is -4.03. The van der Waals surface area contributed by atoms with E-state index in [4.69, 9.17) is 2.51 Å². The molecule has 4 rings (SSSR count). The molecule has 0 aromatic heterocycles. The molecule has 2 fully saturated rings. The number of halogens is 1. The number of rotatable bonds is 5. The fourth-order valence-corrected chi connectivity index (χ4v) is 10.5. The van der Waals surface area contributed by atoms with Gasteiger partial charge in [0.2, 0.25) is 0 Å². The molecule has 0 saturated heterocycles. The van der Waals surface area contributed by atoms with Crippen molar-refractivity contribution in [3.05, 3.63) is 46.0 Å². The van der Waals surface area contributed by atoms with E-state index in [0.29, 0.717) is 16.4 Å². The number of carbonyl (C=O) groups is 1. The van der Waals surface area contributed by atoms with Gasteiger partial charge in [-0.2, -0.15) is 0 Å². The summed E-state index contributed by atoms with van der Waals surface area (Å²) in [7, 11) is -4.03. The molecule has 2 aromatic carbocycles. The van der Waals surface area contributed by atoms with Gasteiger partial charge in [-0.05, 0) is 0 Å². The zero-order chi connectivity index (χ0) is 19.4. The topological polar surface area (TPSA) is 80.7 Å². The Balaban J connectivity index is 1.61. The first-order chi connectivity index (χ1) is 12.7. The van der Waals surface area contributed by atoms with Crippen molar-refractivity contribution in [3.63, 3.8) is 0 Å². The van der Waals surface area contributed by atoms with Crippen LogP contribution < -0.4 is 0 Å². The maximum absolute atomic E-state index is 12.8. The summed E-state index contributed by atoms with van der Waals surface area (Å²) < 4.78 is 42.2. The minimum absolute atomic E-state index is 0.0272. The summed E-state index contributed by atoms with van der Waals surface area (Å²) in [5.74, 6) is -0.0665. The molecule has 0 amide bonds. The molecule has 0 aliphatic heterocycles. The number of hydrogen-bond acceptors (Lipinski definition) is 5. The molecule has 0 radical (unpaired) electrons. The first-order valence-corrected chi connectivity index (χ1v) is 13.5. The molecule has 0 spiro atoms. The van der Waals surface area contributed by atoms with Gasteiger partial charge in [-0.1, -0.05) is 0 Å². The van der Waals surface area contributed by atoms with Crippen LogP contribution in [0.5, 0.6) is 0 Å². The molecule has 5 nitrogen and oxygen atoms in total. The van der Waals surface area contributed by atoms with Crippen LogP contribution in [0.4, 0.5) is 0 Å². The third-order valence-electron chi connectivity index (χ3n) is 6.63. The Bertz CT molecular complexity index is 1010. The molecule has 2 aromatic rings. The first-order valence-electron chi connectivity index (χ1n) is 8.99. The van der Waals surface area contributed by atoms with E-state index in [2.05, 4.69) is 0 Å².